The average Bonchev–Trinajstić information content (AvgIpc) is 3.47. The Labute approximate surface area is 158 Å². The minimum Gasteiger partial charge on any atom is -0.332 e. The molecule has 6 heteroatoms. The standard InChI is InChI=1S/C21H24FN3O2/c1-13(15-9-11-17(12-10-15)25-20(26)16-7-8-16)23-21(27)24-14(2)18-5-3-4-6-19(18)22/h3-6,9-14,16H,7-8H2,1-2H3,(H,25,26)(H2,23,24,27)/t13-,14-/m1/s1. The van der Waals surface area contributed by atoms with Gasteiger partial charge in [0.25, 0.3) is 0 Å². The smallest absolute Gasteiger partial charge is 0.315 e. The van der Waals surface area contributed by atoms with E-state index in [1.807, 2.05) is 31.2 Å². The Morgan fingerprint density at radius 3 is 2.22 bits per heavy atom. The van der Waals surface area contributed by atoms with Crippen molar-refractivity contribution < 1.29 is 14.0 Å². The van der Waals surface area contributed by atoms with Crippen molar-refractivity contribution in [3.63, 3.8) is 0 Å². The lowest BCUT2D eigenvalue weighted by molar-refractivity contribution is -0.117. The highest BCUT2D eigenvalue weighted by Gasteiger charge is 2.29. The van der Waals surface area contributed by atoms with Crippen LogP contribution in [-0.2, 0) is 4.79 Å². The van der Waals surface area contributed by atoms with Crippen LogP contribution in [0.3, 0.4) is 0 Å². The van der Waals surface area contributed by atoms with E-state index in [1.54, 1.807) is 25.1 Å². The highest BCUT2D eigenvalue weighted by Crippen LogP contribution is 2.30. The molecule has 0 radical (unpaired) electrons. The minimum absolute atomic E-state index is 0.0652. The van der Waals surface area contributed by atoms with Crippen molar-refractivity contribution in [2.45, 2.75) is 38.8 Å². The van der Waals surface area contributed by atoms with Crippen molar-refractivity contribution in [3.8, 4) is 0 Å². The van der Waals surface area contributed by atoms with E-state index in [0.29, 0.717) is 5.56 Å². The number of halogens is 1. The molecule has 0 aliphatic heterocycles. The van der Waals surface area contributed by atoms with Gasteiger partial charge in [0.1, 0.15) is 5.82 Å². The molecule has 1 fully saturated rings. The zero-order chi connectivity index (χ0) is 19.4. The minimum atomic E-state index is -0.446. The molecule has 2 atom stereocenters. The molecule has 3 N–H and O–H groups in total. The summed E-state index contributed by atoms with van der Waals surface area (Å²) in [6.45, 7) is 3.60. The summed E-state index contributed by atoms with van der Waals surface area (Å²) in [5.41, 5.74) is 2.10. The van der Waals surface area contributed by atoms with Gasteiger partial charge < -0.3 is 16.0 Å². The molecule has 0 unspecified atom stereocenters. The quantitative estimate of drug-likeness (QED) is 0.711. The molecule has 27 heavy (non-hydrogen) atoms. The van der Waals surface area contributed by atoms with E-state index in [-0.39, 0.29) is 29.7 Å². The number of hydrogen-bond acceptors (Lipinski definition) is 2. The topological polar surface area (TPSA) is 70.2 Å². The fourth-order valence-electron chi connectivity index (χ4n) is 2.87. The number of anilines is 1. The van der Waals surface area contributed by atoms with E-state index < -0.39 is 6.04 Å². The zero-order valence-corrected chi connectivity index (χ0v) is 15.5. The van der Waals surface area contributed by atoms with Crippen LogP contribution in [0.1, 0.15) is 49.9 Å². The maximum Gasteiger partial charge on any atom is 0.315 e. The summed E-state index contributed by atoms with van der Waals surface area (Å²) in [7, 11) is 0. The third-order valence-electron chi connectivity index (χ3n) is 4.69. The summed E-state index contributed by atoms with van der Waals surface area (Å²) in [4.78, 5) is 24.0. The largest absolute Gasteiger partial charge is 0.332 e. The van der Waals surface area contributed by atoms with E-state index in [2.05, 4.69) is 16.0 Å². The van der Waals surface area contributed by atoms with Crippen molar-refractivity contribution in [1.82, 2.24) is 10.6 Å². The van der Waals surface area contributed by atoms with E-state index in [4.69, 9.17) is 0 Å². The predicted octanol–water partition coefficient (Wildman–Crippen LogP) is 4.30. The van der Waals surface area contributed by atoms with Crippen LogP contribution in [-0.4, -0.2) is 11.9 Å². The molecule has 142 valence electrons. The predicted molar refractivity (Wildman–Crippen MR) is 103 cm³/mol. The third-order valence-corrected chi connectivity index (χ3v) is 4.69. The van der Waals surface area contributed by atoms with Crippen LogP contribution in [0.2, 0.25) is 0 Å². The number of nitrogens with one attached hydrogen (secondary N) is 3. The summed E-state index contributed by atoms with van der Waals surface area (Å²) in [5, 5.41) is 8.48. The molecule has 2 aromatic rings. The van der Waals surface area contributed by atoms with Gasteiger partial charge in [-0.05, 0) is 50.5 Å². The zero-order valence-electron chi connectivity index (χ0n) is 15.5. The summed E-state index contributed by atoms with van der Waals surface area (Å²) in [5.74, 6) is -0.122. The van der Waals surface area contributed by atoms with Gasteiger partial charge in [-0.2, -0.15) is 0 Å². The van der Waals surface area contributed by atoms with Crippen molar-refractivity contribution >= 4 is 17.6 Å². The molecule has 2 aromatic carbocycles. The van der Waals surface area contributed by atoms with Crippen LogP contribution < -0.4 is 16.0 Å². The number of hydrogen-bond donors (Lipinski definition) is 3. The first-order valence-electron chi connectivity index (χ1n) is 9.16. The second kappa shape index (κ2) is 8.20. The fourth-order valence-corrected chi connectivity index (χ4v) is 2.87. The van der Waals surface area contributed by atoms with Crippen LogP contribution in [0.5, 0.6) is 0 Å². The van der Waals surface area contributed by atoms with Gasteiger partial charge in [0, 0.05) is 17.2 Å². The Bertz CT molecular complexity index is 818. The van der Waals surface area contributed by atoms with E-state index in [9.17, 15) is 14.0 Å². The Morgan fingerprint density at radius 1 is 0.963 bits per heavy atom. The summed E-state index contributed by atoms with van der Waals surface area (Å²) >= 11 is 0. The summed E-state index contributed by atoms with van der Waals surface area (Å²) in [6, 6.07) is 12.7. The molecule has 1 saturated carbocycles. The number of benzene rings is 2. The van der Waals surface area contributed by atoms with Crippen LogP contribution in [0, 0.1) is 11.7 Å². The maximum atomic E-state index is 13.8. The maximum absolute atomic E-state index is 13.8. The Balaban J connectivity index is 1.53. The molecule has 0 aromatic heterocycles. The molecule has 3 rings (SSSR count). The molecule has 0 saturated heterocycles. The fraction of sp³-hybridized carbons (Fsp3) is 0.333. The van der Waals surface area contributed by atoms with Crippen molar-refractivity contribution in [2.75, 3.05) is 5.32 Å². The number of carbonyl (C=O) groups is 2. The van der Waals surface area contributed by atoms with Crippen LogP contribution >= 0.6 is 0 Å². The van der Waals surface area contributed by atoms with Crippen molar-refractivity contribution in [3.05, 3.63) is 65.5 Å². The van der Waals surface area contributed by atoms with E-state index in [0.717, 1.165) is 24.1 Å². The molecule has 5 nitrogen and oxygen atoms in total. The van der Waals surface area contributed by atoms with Gasteiger partial charge in [-0.1, -0.05) is 30.3 Å². The number of amides is 3. The van der Waals surface area contributed by atoms with Crippen molar-refractivity contribution in [1.29, 1.82) is 0 Å². The van der Waals surface area contributed by atoms with Gasteiger partial charge in [0.05, 0.1) is 12.1 Å². The van der Waals surface area contributed by atoms with E-state index >= 15 is 0 Å². The second-order valence-electron chi connectivity index (χ2n) is 6.97. The van der Waals surface area contributed by atoms with Gasteiger partial charge in [0.2, 0.25) is 5.91 Å². The lowest BCUT2D eigenvalue weighted by atomic mass is 10.1. The molecule has 1 aliphatic rings. The van der Waals surface area contributed by atoms with Gasteiger partial charge >= 0.3 is 6.03 Å². The lowest BCUT2D eigenvalue weighted by Crippen LogP contribution is -2.38. The number of rotatable bonds is 6. The van der Waals surface area contributed by atoms with E-state index in [1.165, 1.54) is 6.07 Å². The first-order chi connectivity index (χ1) is 12.9. The molecule has 0 bridgehead atoms. The highest BCUT2D eigenvalue weighted by atomic mass is 19.1. The first kappa shape index (κ1) is 18.9. The van der Waals surface area contributed by atoms with Gasteiger partial charge in [-0.25, -0.2) is 9.18 Å². The SMILES string of the molecule is C[C@@H](NC(=O)N[C@H](C)c1ccccc1F)c1ccc(NC(=O)C2CC2)cc1. The highest BCUT2D eigenvalue weighted by molar-refractivity contribution is 5.94. The first-order valence-corrected chi connectivity index (χ1v) is 9.16. The summed E-state index contributed by atoms with van der Waals surface area (Å²) in [6.07, 6.45) is 1.93. The normalized spacial score (nSPS) is 15.5. The van der Waals surface area contributed by atoms with Crippen molar-refractivity contribution in [2.24, 2.45) is 5.92 Å². The van der Waals surface area contributed by atoms with Gasteiger partial charge in [-0.3, -0.25) is 4.79 Å². The summed E-state index contributed by atoms with van der Waals surface area (Å²) < 4.78 is 13.8. The molecular formula is C21H24FN3O2. The second-order valence-corrected chi connectivity index (χ2v) is 6.97. The Hall–Kier alpha value is -2.89. The number of urea groups is 1. The lowest BCUT2D eigenvalue weighted by Gasteiger charge is -2.19. The molecule has 1 aliphatic carbocycles. The monoisotopic (exact) mass is 369 g/mol. The van der Waals surface area contributed by atoms with Crippen LogP contribution in [0.4, 0.5) is 14.9 Å². The molecule has 0 spiro atoms. The average molecular weight is 369 g/mol. The Morgan fingerprint density at radius 2 is 1.59 bits per heavy atom. The number of carbonyl (C=O) groups excluding carboxylic acids is 2. The molecular weight excluding hydrogens is 345 g/mol. The molecule has 3 amide bonds. The third kappa shape index (κ3) is 5.06. The molecule has 0 heterocycles. The van der Waals surface area contributed by atoms with Crippen LogP contribution in [0.15, 0.2) is 48.5 Å². The Kier molecular flexibility index (Phi) is 5.74. The van der Waals surface area contributed by atoms with Gasteiger partial charge in [0.15, 0.2) is 0 Å². The van der Waals surface area contributed by atoms with Crippen LogP contribution in [0.25, 0.3) is 0 Å². The van der Waals surface area contributed by atoms with Gasteiger partial charge in [-0.15, -0.1) is 0 Å².